The molecule has 0 unspecified atom stereocenters. The van der Waals surface area contributed by atoms with Crippen molar-refractivity contribution in [3.63, 3.8) is 0 Å². The van der Waals surface area contributed by atoms with E-state index < -0.39 is 0 Å². The van der Waals surface area contributed by atoms with Crippen LogP contribution in [0.15, 0.2) is 117 Å². The largest absolute Gasteiger partial charge is 0.347 e. The van der Waals surface area contributed by atoms with Gasteiger partial charge in [0.05, 0.1) is 5.41 Å². The van der Waals surface area contributed by atoms with Crippen molar-refractivity contribution in [2.24, 2.45) is 0 Å². The van der Waals surface area contributed by atoms with Gasteiger partial charge in [-0.1, -0.05) is 55.8 Å². The molecule has 3 aliphatic rings. The average molecular weight is 648 g/mol. The Hall–Kier alpha value is -3.18. The first kappa shape index (κ1) is 30.5. The third-order valence-electron chi connectivity index (χ3n) is 10.3. The van der Waals surface area contributed by atoms with Gasteiger partial charge in [0, 0.05) is 56.4 Å². The van der Waals surface area contributed by atoms with Crippen molar-refractivity contribution in [3.8, 4) is 0 Å². The number of likely N-dealkylation sites (N-methyl/N-ethyl adjacent to an activating group) is 1. The van der Waals surface area contributed by atoms with Gasteiger partial charge in [0.1, 0.15) is 7.05 Å². The molecule has 2 aliphatic heterocycles. The zero-order valence-electron chi connectivity index (χ0n) is 26.9. The molecule has 0 N–H and O–H groups in total. The maximum absolute atomic E-state index is 7.18. The summed E-state index contributed by atoms with van der Waals surface area (Å²) in [6.45, 7) is 9.32. The fraction of sp³-hybridized carbons (Fsp3) is 0.275. The summed E-state index contributed by atoms with van der Waals surface area (Å²) in [6.07, 6.45) is 12.2. The molecule has 0 atom stereocenters. The molecular formula is C40H40ClN2S2+. The molecule has 0 bridgehead atoms. The molecule has 0 radical (unpaired) electrons. The van der Waals surface area contributed by atoms with Gasteiger partial charge in [0.2, 0.25) is 5.69 Å². The van der Waals surface area contributed by atoms with Crippen LogP contribution in [0.1, 0.15) is 58.1 Å². The smallest absolute Gasteiger partial charge is 0.210 e. The summed E-state index contributed by atoms with van der Waals surface area (Å²) in [5.41, 5.74) is 9.95. The highest BCUT2D eigenvalue weighted by molar-refractivity contribution is 7.80. The van der Waals surface area contributed by atoms with Crippen LogP contribution in [0.5, 0.6) is 0 Å². The number of fused-ring (bicyclic) bond motifs is 6. The molecule has 2 heterocycles. The monoisotopic (exact) mass is 647 g/mol. The third kappa shape index (κ3) is 4.83. The number of allylic oxidation sites excluding steroid dienone is 8. The summed E-state index contributed by atoms with van der Waals surface area (Å²) < 4.78 is 2.34. The summed E-state index contributed by atoms with van der Waals surface area (Å²) in [7, 11) is 4.36. The summed E-state index contributed by atoms with van der Waals surface area (Å²) in [6, 6.07) is 21.8. The lowest BCUT2D eigenvalue weighted by atomic mass is 9.78. The van der Waals surface area contributed by atoms with Crippen molar-refractivity contribution in [2.45, 2.75) is 67.6 Å². The predicted molar refractivity (Wildman–Crippen MR) is 200 cm³/mol. The minimum Gasteiger partial charge on any atom is -0.347 e. The Morgan fingerprint density at radius 2 is 1.42 bits per heavy atom. The summed E-state index contributed by atoms with van der Waals surface area (Å²) >= 11 is 16.3. The van der Waals surface area contributed by atoms with Gasteiger partial charge in [-0.05, 0) is 114 Å². The topological polar surface area (TPSA) is 6.25 Å². The fourth-order valence-electron chi connectivity index (χ4n) is 8.05. The molecule has 4 aromatic carbocycles. The molecule has 0 fully saturated rings. The van der Waals surface area contributed by atoms with Crippen molar-refractivity contribution in [1.82, 2.24) is 0 Å². The van der Waals surface area contributed by atoms with Crippen molar-refractivity contribution in [3.05, 3.63) is 118 Å². The van der Waals surface area contributed by atoms with Gasteiger partial charge >= 0.3 is 0 Å². The molecular weight excluding hydrogens is 608 g/mol. The van der Waals surface area contributed by atoms with Crippen LogP contribution in [0, 0.1) is 0 Å². The van der Waals surface area contributed by atoms with Crippen molar-refractivity contribution >= 4 is 75.5 Å². The van der Waals surface area contributed by atoms with Crippen molar-refractivity contribution in [1.29, 1.82) is 0 Å². The van der Waals surface area contributed by atoms with Gasteiger partial charge in [0.25, 0.3) is 0 Å². The number of benzene rings is 4. The highest BCUT2D eigenvalue weighted by Gasteiger charge is 2.44. The van der Waals surface area contributed by atoms with Gasteiger partial charge in [-0.3, -0.25) is 0 Å². The first-order chi connectivity index (χ1) is 21.4. The quantitative estimate of drug-likeness (QED) is 0.166. The van der Waals surface area contributed by atoms with Gasteiger partial charge in [-0.2, -0.15) is 4.58 Å². The molecule has 4 aromatic rings. The number of nitrogens with zero attached hydrogens (tertiary/aromatic N) is 2. The predicted octanol–water partition coefficient (Wildman–Crippen LogP) is 11.0. The molecule has 1 aliphatic carbocycles. The molecule has 0 aromatic heterocycles. The highest BCUT2D eigenvalue weighted by atomic mass is 35.5. The zero-order chi connectivity index (χ0) is 31.8. The van der Waals surface area contributed by atoms with E-state index >= 15 is 0 Å². The Labute approximate surface area is 283 Å². The number of hydrogen-bond acceptors (Lipinski definition) is 3. The second-order valence-corrected chi connectivity index (χ2v) is 15.2. The fourth-order valence-corrected chi connectivity index (χ4v) is 8.79. The van der Waals surface area contributed by atoms with Crippen LogP contribution < -0.4 is 4.90 Å². The molecule has 45 heavy (non-hydrogen) atoms. The van der Waals surface area contributed by atoms with E-state index in [0.29, 0.717) is 0 Å². The lowest BCUT2D eigenvalue weighted by Gasteiger charge is -2.25. The maximum atomic E-state index is 7.18. The lowest BCUT2D eigenvalue weighted by molar-refractivity contribution is -0.401. The van der Waals surface area contributed by atoms with Gasteiger partial charge in [-0.25, -0.2) is 0 Å². The number of rotatable bonds is 3. The van der Waals surface area contributed by atoms with Crippen LogP contribution in [0.4, 0.5) is 11.4 Å². The number of anilines is 1. The van der Waals surface area contributed by atoms with E-state index in [1.807, 2.05) is 0 Å². The Morgan fingerprint density at radius 3 is 2.11 bits per heavy atom. The Bertz CT molecular complexity index is 2090. The van der Waals surface area contributed by atoms with Crippen LogP contribution in [0.2, 0.25) is 0 Å². The van der Waals surface area contributed by atoms with Crippen molar-refractivity contribution in [2.75, 3.05) is 19.0 Å². The molecule has 0 saturated carbocycles. The van der Waals surface area contributed by atoms with Gasteiger partial charge < -0.3 is 4.90 Å². The number of thiol groups is 2. The minimum atomic E-state index is -0.144. The van der Waals surface area contributed by atoms with Crippen LogP contribution >= 0.6 is 36.9 Å². The second kappa shape index (κ2) is 11.0. The first-order valence-electron chi connectivity index (χ1n) is 15.8. The number of hydrogen-bond donors (Lipinski definition) is 2. The second-order valence-electron chi connectivity index (χ2n) is 13.8. The Morgan fingerprint density at radius 1 is 0.778 bits per heavy atom. The molecule has 228 valence electrons. The SMILES string of the molecule is CN1/C(=C/C=C2\CCCC(/C=C/C3=[N+](C)c4ccc5cc(S)ccc5c4C3(C)C)=C2Cl)C(C)(C)c2c1ccc1cc(S)ccc21. The van der Waals surface area contributed by atoms with Gasteiger partial charge in [0.15, 0.2) is 5.71 Å². The van der Waals surface area contributed by atoms with Crippen LogP contribution in [0.3, 0.4) is 0 Å². The third-order valence-corrected chi connectivity index (χ3v) is 11.3. The Balaban J connectivity index is 1.22. The first-order valence-corrected chi connectivity index (χ1v) is 17.0. The maximum Gasteiger partial charge on any atom is 0.210 e. The normalized spacial score (nSPS) is 20.9. The van der Waals surface area contributed by atoms with E-state index in [9.17, 15) is 0 Å². The number of halogens is 1. The Kier molecular flexibility index (Phi) is 7.43. The highest BCUT2D eigenvalue weighted by Crippen LogP contribution is 2.50. The van der Waals surface area contributed by atoms with E-state index in [2.05, 4.69) is 161 Å². The molecule has 0 spiro atoms. The standard InChI is InChI=1S/C40H39ClN2S2/c1-39(2)34(42(5)32-18-10-26-22-28(44)14-16-30(26)36(32)39)20-12-24-8-7-9-25(38(24)41)13-21-35-40(3,4)37-31-17-15-29(45)23-27(31)11-19-33(37)43(35)6/h10-23H,7-9H2,1-6H3,(H-,44,45)/p+1. The summed E-state index contributed by atoms with van der Waals surface area (Å²) in [4.78, 5) is 4.32. The molecule has 7 rings (SSSR count). The minimum absolute atomic E-state index is 0.144. The van der Waals surface area contributed by atoms with E-state index in [-0.39, 0.29) is 10.8 Å². The summed E-state index contributed by atoms with van der Waals surface area (Å²) in [5, 5.41) is 5.93. The van der Waals surface area contributed by atoms with E-state index in [0.717, 1.165) is 34.1 Å². The molecule has 5 heteroatoms. The van der Waals surface area contributed by atoms with Crippen LogP contribution in [-0.2, 0) is 10.8 Å². The van der Waals surface area contributed by atoms with E-state index in [1.165, 1.54) is 66.6 Å². The van der Waals surface area contributed by atoms with Gasteiger partial charge in [-0.15, -0.1) is 25.3 Å². The lowest BCUT2D eigenvalue weighted by Crippen LogP contribution is -2.27. The van der Waals surface area contributed by atoms with Crippen molar-refractivity contribution < 1.29 is 4.58 Å². The average Bonchev–Trinajstić information content (AvgIpc) is 3.32. The molecule has 0 saturated heterocycles. The van der Waals surface area contributed by atoms with Crippen LogP contribution in [-0.4, -0.2) is 24.4 Å². The summed E-state index contributed by atoms with van der Waals surface area (Å²) in [5.74, 6) is 0. The molecule has 2 nitrogen and oxygen atoms in total. The van der Waals surface area contributed by atoms with E-state index in [4.69, 9.17) is 11.6 Å². The zero-order valence-corrected chi connectivity index (χ0v) is 29.4. The molecule has 0 amide bonds. The van der Waals surface area contributed by atoms with E-state index in [1.54, 1.807) is 0 Å². The van der Waals surface area contributed by atoms with Crippen LogP contribution in [0.25, 0.3) is 21.5 Å².